The molecule has 2 atom stereocenters. The number of aromatic nitrogens is 1. The van der Waals surface area contributed by atoms with E-state index in [2.05, 4.69) is 4.98 Å². The van der Waals surface area contributed by atoms with Crippen LogP contribution in [0, 0.1) is 0 Å². The summed E-state index contributed by atoms with van der Waals surface area (Å²) in [5.41, 5.74) is 5.60. The first-order chi connectivity index (χ1) is 8.00. The fourth-order valence-corrected chi connectivity index (χ4v) is 2.51. The molecular formula is C12H15F3N2. The van der Waals surface area contributed by atoms with Crippen molar-refractivity contribution >= 4 is 0 Å². The Morgan fingerprint density at radius 2 is 1.94 bits per heavy atom. The molecule has 1 saturated carbocycles. The second-order valence-corrected chi connectivity index (χ2v) is 4.52. The van der Waals surface area contributed by atoms with E-state index in [4.69, 9.17) is 5.73 Å². The molecule has 0 radical (unpaired) electrons. The van der Waals surface area contributed by atoms with E-state index < -0.39 is 11.7 Å². The predicted molar refractivity (Wildman–Crippen MR) is 58.4 cm³/mol. The third-order valence-corrected chi connectivity index (χ3v) is 3.38. The van der Waals surface area contributed by atoms with Gasteiger partial charge in [-0.15, -0.1) is 0 Å². The van der Waals surface area contributed by atoms with Crippen LogP contribution in [0.1, 0.15) is 42.7 Å². The average molecular weight is 244 g/mol. The molecule has 2 unspecified atom stereocenters. The molecule has 1 fully saturated rings. The van der Waals surface area contributed by atoms with Gasteiger partial charge in [-0.3, -0.25) is 4.98 Å². The smallest absolute Gasteiger partial charge is 0.327 e. The largest absolute Gasteiger partial charge is 0.416 e. The summed E-state index contributed by atoms with van der Waals surface area (Å²) in [5.74, 6) is -0.214. The summed E-state index contributed by atoms with van der Waals surface area (Å²) in [7, 11) is 0. The van der Waals surface area contributed by atoms with Crippen molar-refractivity contribution in [1.29, 1.82) is 0 Å². The van der Waals surface area contributed by atoms with Gasteiger partial charge in [0.15, 0.2) is 0 Å². The molecule has 2 N–H and O–H groups in total. The molecule has 0 saturated heterocycles. The van der Waals surface area contributed by atoms with E-state index in [9.17, 15) is 13.2 Å². The highest BCUT2D eigenvalue weighted by Crippen LogP contribution is 2.39. The lowest BCUT2D eigenvalue weighted by molar-refractivity contribution is -0.138. The third-order valence-electron chi connectivity index (χ3n) is 3.38. The van der Waals surface area contributed by atoms with Gasteiger partial charge in [0.25, 0.3) is 0 Å². The summed E-state index contributed by atoms with van der Waals surface area (Å²) in [6.07, 6.45) is 1.62. The Balaban J connectivity index is 2.37. The molecule has 2 nitrogen and oxygen atoms in total. The fraction of sp³-hybridized carbons (Fsp3) is 0.583. The van der Waals surface area contributed by atoms with Gasteiger partial charge < -0.3 is 5.73 Å². The number of halogens is 3. The Hall–Kier alpha value is -1.10. The molecule has 17 heavy (non-hydrogen) atoms. The molecule has 0 aromatic carbocycles. The molecule has 0 bridgehead atoms. The second-order valence-electron chi connectivity index (χ2n) is 4.52. The maximum absolute atomic E-state index is 12.9. The second kappa shape index (κ2) is 4.64. The molecule has 1 aromatic rings. The lowest BCUT2D eigenvalue weighted by Crippen LogP contribution is -2.32. The number of nitrogens with two attached hydrogens (primary N) is 1. The zero-order chi connectivity index (χ0) is 12.5. The summed E-state index contributed by atoms with van der Waals surface area (Å²) in [6.45, 7) is 0. The molecule has 94 valence electrons. The lowest BCUT2D eigenvalue weighted by Gasteiger charge is -2.30. The van der Waals surface area contributed by atoms with Crippen molar-refractivity contribution in [3.8, 4) is 0 Å². The zero-order valence-corrected chi connectivity index (χ0v) is 9.37. The molecule has 0 aliphatic heterocycles. The van der Waals surface area contributed by atoms with Crippen molar-refractivity contribution in [1.82, 2.24) is 4.98 Å². The van der Waals surface area contributed by atoms with Crippen LogP contribution in [-0.4, -0.2) is 11.0 Å². The van der Waals surface area contributed by atoms with E-state index in [-0.39, 0.29) is 17.5 Å². The van der Waals surface area contributed by atoms with E-state index >= 15 is 0 Å². The SMILES string of the molecule is NC1CCCCC1c1cnccc1C(F)(F)F. The van der Waals surface area contributed by atoms with Crippen molar-refractivity contribution < 1.29 is 13.2 Å². The van der Waals surface area contributed by atoms with Crippen LogP contribution in [0.25, 0.3) is 0 Å². The highest BCUT2D eigenvalue weighted by molar-refractivity contribution is 5.31. The van der Waals surface area contributed by atoms with Crippen LogP contribution in [0.15, 0.2) is 18.5 Å². The first-order valence-corrected chi connectivity index (χ1v) is 5.77. The zero-order valence-electron chi connectivity index (χ0n) is 9.37. The highest BCUT2D eigenvalue weighted by atomic mass is 19.4. The van der Waals surface area contributed by atoms with Gasteiger partial charge >= 0.3 is 6.18 Å². The van der Waals surface area contributed by atoms with Gasteiger partial charge in [0, 0.05) is 24.4 Å². The van der Waals surface area contributed by atoms with Gasteiger partial charge in [-0.25, -0.2) is 0 Å². The van der Waals surface area contributed by atoms with Crippen LogP contribution in [0.4, 0.5) is 13.2 Å². The third kappa shape index (κ3) is 2.60. The van der Waals surface area contributed by atoms with E-state index in [1.165, 1.54) is 12.4 Å². The average Bonchev–Trinajstić information content (AvgIpc) is 2.28. The molecular weight excluding hydrogens is 229 g/mol. The first kappa shape index (κ1) is 12.4. The molecule has 1 aromatic heterocycles. The lowest BCUT2D eigenvalue weighted by atomic mass is 9.79. The van der Waals surface area contributed by atoms with Crippen molar-refractivity contribution in [3.05, 3.63) is 29.6 Å². The minimum Gasteiger partial charge on any atom is -0.327 e. The topological polar surface area (TPSA) is 38.9 Å². The van der Waals surface area contributed by atoms with Crippen LogP contribution in [0.3, 0.4) is 0 Å². The monoisotopic (exact) mass is 244 g/mol. The van der Waals surface area contributed by atoms with Crippen LogP contribution in [0.2, 0.25) is 0 Å². The van der Waals surface area contributed by atoms with Crippen molar-refractivity contribution in [2.24, 2.45) is 5.73 Å². The van der Waals surface area contributed by atoms with Gasteiger partial charge in [-0.2, -0.15) is 13.2 Å². The van der Waals surface area contributed by atoms with Crippen LogP contribution in [0.5, 0.6) is 0 Å². The Morgan fingerprint density at radius 3 is 2.59 bits per heavy atom. The number of hydrogen-bond acceptors (Lipinski definition) is 2. The van der Waals surface area contributed by atoms with E-state index in [0.717, 1.165) is 31.7 Å². The number of pyridine rings is 1. The van der Waals surface area contributed by atoms with Gasteiger partial charge in [0.1, 0.15) is 0 Å². The van der Waals surface area contributed by atoms with Gasteiger partial charge in [-0.05, 0) is 24.5 Å². The molecule has 1 heterocycles. The molecule has 1 aliphatic carbocycles. The minimum atomic E-state index is -4.32. The standard InChI is InChI=1S/C12H15F3N2/c13-12(14,15)10-5-6-17-7-9(10)8-3-1-2-4-11(8)16/h5-8,11H,1-4,16H2. The fourth-order valence-electron chi connectivity index (χ4n) is 2.51. The predicted octanol–water partition coefficient (Wildman–Crippen LogP) is 3.09. The van der Waals surface area contributed by atoms with Crippen LogP contribution in [-0.2, 0) is 6.18 Å². The van der Waals surface area contributed by atoms with Crippen molar-refractivity contribution in [3.63, 3.8) is 0 Å². The molecule has 0 spiro atoms. The van der Waals surface area contributed by atoms with Gasteiger partial charge in [0.2, 0.25) is 0 Å². The summed E-state index contributed by atoms with van der Waals surface area (Å²) in [5, 5.41) is 0. The van der Waals surface area contributed by atoms with Gasteiger partial charge in [-0.1, -0.05) is 12.8 Å². The Labute approximate surface area is 98.0 Å². The maximum atomic E-state index is 12.9. The number of hydrogen-bond donors (Lipinski definition) is 1. The molecule has 2 rings (SSSR count). The Morgan fingerprint density at radius 1 is 1.24 bits per heavy atom. The van der Waals surface area contributed by atoms with E-state index in [1.54, 1.807) is 0 Å². The molecule has 1 aliphatic rings. The van der Waals surface area contributed by atoms with Crippen molar-refractivity contribution in [2.45, 2.75) is 43.8 Å². The van der Waals surface area contributed by atoms with Crippen LogP contribution >= 0.6 is 0 Å². The number of alkyl halides is 3. The maximum Gasteiger partial charge on any atom is 0.416 e. The summed E-state index contributed by atoms with van der Waals surface area (Å²) in [6, 6.07) is 0.852. The quantitative estimate of drug-likeness (QED) is 0.824. The Kier molecular flexibility index (Phi) is 3.38. The van der Waals surface area contributed by atoms with E-state index in [0.29, 0.717) is 0 Å². The van der Waals surface area contributed by atoms with Gasteiger partial charge in [0.05, 0.1) is 5.56 Å². The summed E-state index contributed by atoms with van der Waals surface area (Å²) >= 11 is 0. The normalized spacial score (nSPS) is 25.9. The first-order valence-electron chi connectivity index (χ1n) is 5.77. The number of rotatable bonds is 1. The number of nitrogens with zero attached hydrogens (tertiary/aromatic N) is 1. The van der Waals surface area contributed by atoms with E-state index in [1.807, 2.05) is 0 Å². The Bertz CT molecular complexity index is 390. The summed E-state index contributed by atoms with van der Waals surface area (Å²) in [4.78, 5) is 3.81. The minimum absolute atomic E-state index is 0.186. The highest BCUT2D eigenvalue weighted by Gasteiger charge is 2.37. The summed E-state index contributed by atoms with van der Waals surface area (Å²) < 4.78 is 38.6. The van der Waals surface area contributed by atoms with Crippen molar-refractivity contribution in [2.75, 3.05) is 0 Å². The molecule has 0 amide bonds. The van der Waals surface area contributed by atoms with Crippen LogP contribution < -0.4 is 5.73 Å². The molecule has 5 heteroatoms.